The molecule has 4 rings (SSSR count). The standard InChI is InChI=1S/C22H18N4OS/c28-22-25-24-21(19-9-5-2-6-10-19)26(22)23-15-17-11-13-20(14-12-17)27-16-18-7-3-1-4-8-18/h1-15H,16H2,(H,25,28)/b23-15+. The Labute approximate surface area is 167 Å². The molecule has 0 bridgehead atoms. The Morgan fingerprint density at radius 2 is 1.61 bits per heavy atom. The number of nitrogens with one attached hydrogen (secondary N) is 1. The predicted molar refractivity (Wildman–Crippen MR) is 113 cm³/mol. The number of benzene rings is 3. The second-order valence-corrected chi connectivity index (χ2v) is 6.50. The van der Waals surface area contributed by atoms with Gasteiger partial charge in [0.15, 0.2) is 5.82 Å². The monoisotopic (exact) mass is 386 g/mol. The van der Waals surface area contributed by atoms with Crippen molar-refractivity contribution in [2.45, 2.75) is 6.61 Å². The van der Waals surface area contributed by atoms with E-state index in [2.05, 4.69) is 15.3 Å². The van der Waals surface area contributed by atoms with E-state index in [9.17, 15) is 0 Å². The number of ether oxygens (including phenoxy) is 1. The summed E-state index contributed by atoms with van der Waals surface area (Å²) in [5.41, 5.74) is 3.02. The average Bonchev–Trinajstić information content (AvgIpc) is 3.13. The molecular formula is C22H18N4OS. The maximum absolute atomic E-state index is 5.81. The molecule has 0 saturated carbocycles. The summed E-state index contributed by atoms with van der Waals surface area (Å²) >= 11 is 5.30. The van der Waals surface area contributed by atoms with Gasteiger partial charge in [0.1, 0.15) is 12.4 Å². The number of H-pyrrole nitrogens is 1. The molecule has 4 aromatic rings. The molecule has 1 heterocycles. The van der Waals surface area contributed by atoms with Crippen LogP contribution in [0.15, 0.2) is 90.0 Å². The van der Waals surface area contributed by atoms with Crippen molar-refractivity contribution < 1.29 is 4.74 Å². The molecule has 0 aliphatic heterocycles. The smallest absolute Gasteiger partial charge is 0.216 e. The first-order valence-electron chi connectivity index (χ1n) is 8.83. The van der Waals surface area contributed by atoms with Crippen LogP contribution in [0.25, 0.3) is 11.4 Å². The van der Waals surface area contributed by atoms with Crippen LogP contribution in [-0.4, -0.2) is 21.1 Å². The van der Waals surface area contributed by atoms with Gasteiger partial charge in [-0.1, -0.05) is 60.7 Å². The van der Waals surface area contributed by atoms with Crippen LogP contribution in [0.1, 0.15) is 11.1 Å². The summed E-state index contributed by atoms with van der Waals surface area (Å²) in [7, 11) is 0. The van der Waals surface area contributed by atoms with Crippen LogP contribution in [-0.2, 0) is 6.61 Å². The molecule has 0 atom stereocenters. The molecule has 0 amide bonds. The van der Waals surface area contributed by atoms with E-state index in [4.69, 9.17) is 17.0 Å². The second kappa shape index (κ2) is 8.45. The number of aromatic amines is 1. The number of hydrogen-bond acceptors (Lipinski definition) is 4. The Kier molecular flexibility index (Phi) is 5.40. The summed E-state index contributed by atoms with van der Waals surface area (Å²) in [6.45, 7) is 0.541. The van der Waals surface area contributed by atoms with Gasteiger partial charge in [-0.05, 0) is 47.6 Å². The molecule has 0 spiro atoms. The van der Waals surface area contributed by atoms with Crippen LogP contribution in [0.2, 0.25) is 0 Å². The highest BCUT2D eigenvalue weighted by Gasteiger charge is 2.07. The number of nitrogens with zero attached hydrogens (tertiary/aromatic N) is 3. The van der Waals surface area contributed by atoms with Crippen molar-refractivity contribution in [1.29, 1.82) is 0 Å². The van der Waals surface area contributed by atoms with Gasteiger partial charge in [-0.15, -0.1) is 0 Å². The Morgan fingerprint density at radius 1 is 0.929 bits per heavy atom. The lowest BCUT2D eigenvalue weighted by atomic mass is 10.2. The minimum absolute atomic E-state index is 0.443. The van der Waals surface area contributed by atoms with Crippen molar-refractivity contribution in [1.82, 2.24) is 14.9 Å². The molecular weight excluding hydrogens is 368 g/mol. The van der Waals surface area contributed by atoms with E-state index < -0.39 is 0 Å². The van der Waals surface area contributed by atoms with Crippen molar-refractivity contribution >= 4 is 18.4 Å². The van der Waals surface area contributed by atoms with Crippen LogP contribution in [0.5, 0.6) is 5.75 Å². The van der Waals surface area contributed by atoms with Gasteiger partial charge in [-0.3, -0.25) is 0 Å². The highest BCUT2D eigenvalue weighted by atomic mass is 32.1. The van der Waals surface area contributed by atoms with Crippen LogP contribution in [0.4, 0.5) is 0 Å². The first-order valence-corrected chi connectivity index (χ1v) is 9.24. The molecule has 3 aromatic carbocycles. The third-order valence-electron chi connectivity index (χ3n) is 4.13. The van der Waals surface area contributed by atoms with Gasteiger partial charge in [0.2, 0.25) is 4.77 Å². The number of hydrogen-bond donors (Lipinski definition) is 1. The molecule has 1 N–H and O–H groups in total. The summed E-state index contributed by atoms with van der Waals surface area (Å²) in [6, 6.07) is 27.6. The maximum atomic E-state index is 5.81. The van der Waals surface area contributed by atoms with Crippen molar-refractivity contribution in [3.8, 4) is 17.1 Å². The van der Waals surface area contributed by atoms with Gasteiger partial charge in [0.25, 0.3) is 0 Å². The summed E-state index contributed by atoms with van der Waals surface area (Å²) in [5.74, 6) is 1.48. The Hall–Kier alpha value is -3.51. The van der Waals surface area contributed by atoms with Gasteiger partial charge in [0.05, 0.1) is 6.21 Å². The summed E-state index contributed by atoms with van der Waals surface area (Å²) in [4.78, 5) is 0. The lowest BCUT2D eigenvalue weighted by Gasteiger charge is -2.06. The van der Waals surface area contributed by atoms with Crippen molar-refractivity contribution in [3.63, 3.8) is 0 Å². The third-order valence-corrected chi connectivity index (χ3v) is 4.40. The molecule has 0 aliphatic rings. The first-order chi connectivity index (χ1) is 13.8. The molecule has 28 heavy (non-hydrogen) atoms. The van der Waals surface area contributed by atoms with Gasteiger partial charge in [0, 0.05) is 5.56 Å². The first kappa shape index (κ1) is 17.9. The molecule has 1 aromatic heterocycles. The van der Waals surface area contributed by atoms with E-state index >= 15 is 0 Å². The van der Waals surface area contributed by atoms with E-state index in [0.29, 0.717) is 17.2 Å². The lowest BCUT2D eigenvalue weighted by molar-refractivity contribution is 0.306. The van der Waals surface area contributed by atoms with Crippen LogP contribution in [0, 0.1) is 4.77 Å². The fourth-order valence-corrected chi connectivity index (χ4v) is 2.87. The number of rotatable bonds is 6. The van der Waals surface area contributed by atoms with Crippen LogP contribution in [0.3, 0.4) is 0 Å². The highest BCUT2D eigenvalue weighted by Crippen LogP contribution is 2.17. The largest absolute Gasteiger partial charge is 0.489 e. The zero-order valence-corrected chi connectivity index (χ0v) is 15.8. The molecule has 5 nitrogen and oxygen atoms in total. The molecule has 138 valence electrons. The Bertz CT molecular complexity index is 1120. The maximum Gasteiger partial charge on any atom is 0.216 e. The normalized spacial score (nSPS) is 11.0. The van der Waals surface area contributed by atoms with Crippen molar-refractivity contribution in [3.05, 3.63) is 101 Å². The molecule has 0 fully saturated rings. The molecule has 6 heteroatoms. The van der Waals surface area contributed by atoms with E-state index in [1.807, 2.05) is 84.9 Å². The fourth-order valence-electron chi connectivity index (χ4n) is 2.69. The topological polar surface area (TPSA) is 55.2 Å². The van der Waals surface area contributed by atoms with Gasteiger partial charge >= 0.3 is 0 Å². The van der Waals surface area contributed by atoms with Gasteiger partial charge < -0.3 is 4.74 Å². The molecule has 0 radical (unpaired) electrons. The van der Waals surface area contributed by atoms with Crippen molar-refractivity contribution in [2.24, 2.45) is 5.10 Å². The van der Waals surface area contributed by atoms with Gasteiger partial charge in [-0.2, -0.15) is 14.9 Å². The molecule has 0 saturated heterocycles. The summed E-state index contributed by atoms with van der Waals surface area (Å²) in [6.07, 6.45) is 1.75. The molecule has 0 aliphatic carbocycles. The van der Waals surface area contributed by atoms with Gasteiger partial charge in [-0.25, -0.2) is 5.10 Å². The minimum atomic E-state index is 0.443. The molecule has 0 unspecified atom stereocenters. The Balaban J connectivity index is 1.47. The van der Waals surface area contributed by atoms with E-state index in [-0.39, 0.29) is 0 Å². The van der Waals surface area contributed by atoms with Crippen LogP contribution >= 0.6 is 12.2 Å². The zero-order valence-electron chi connectivity index (χ0n) is 15.0. The van der Waals surface area contributed by atoms with E-state index in [1.54, 1.807) is 10.9 Å². The second-order valence-electron chi connectivity index (χ2n) is 6.12. The highest BCUT2D eigenvalue weighted by molar-refractivity contribution is 7.71. The average molecular weight is 386 g/mol. The third kappa shape index (κ3) is 4.24. The fraction of sp³-hybridized carbons (Fsp3) is 0.0455. The van der Waals surface area contributed by atoms with Crippen LogP contribution < -0.4 is 4.74 Å². The SMILES string of the molecule is S=c1[nH]nc(-c2ccccc2)n1/N=C/c1ccc(OCc2ccccc2)cc1. The number of aromatic nitrogens is 3. The zero-order chi connectivity index (χ0) is 19.2. The van der Waals surface area contributed by atoms with E-state index in [1.165, 1.54) is 0 Å². The summed E-state index contributed by atoms with van der Waals surface area (Å²) < 4.78 is 7.87. The summed E-state index contributed by atoms with van der Waals surface area (Å²) in [5, 5.41) is 11.6. The van der Waals surface area contributed by atoms with E-state index in [0.717, 1.165) is 22.4 Å². The van der Waals surface area contributed by atoms with Crippen molar-refractivity contribution in [2.75, 3.05) is 0 Å². The minimum Gasteiger partial charge on any atom is -0.489 e. The predicted octanol–water partition coefficient (Wildman–Crippen LogP) is 5.07. The lowest BCUT2D eigenvalue weighted by Crippen LogP contribution is -1.96. The Morgan fingerprint density at radius 3 is 2.32 bits per heavy atom. The quantitative estimate of drug-likeness (QED) is 0.372.